The van der Waals surface area contributed by atoms with Gasteiger partial charge in [-0.15, -0.1) is 0 Å². The number of nitrogens with zero attached hydrogens (tertiary/aromatic N) is 6. The second kappa shape index (κ2) is 9.21. The minimum atomic E-state index is -0.862. The van der Waals surface area contributed by atoms with Crippen molar-refractivity contribution >= 4 is 5.52 Å². The van der Waals surface area contributed by atoms with Gasteiger partial charge in [0.15, 0.2) is 6.10 Å². The predicted molar refractivity (Wildman–Crippen MR) is 121 cm³/mol. The van der Waals surface area contributed by atoms with Gasteiger partial charge in [0, 0.05) is 17.3 Å². The molecule has 0 aliphatic carbocycles. The minimum Gasteiger partial charge on any atom is -0.465 e. The normalized spacial score (nSPS) is 19.1. The third-order valence-corrected chi connectivity index (χ3v) is 6.25. The van der Waals surface area contributed by atoms with Crippen LogP contribution < -0.4 is 10.1 Å². The van der Waals surface area contributed by atoms with Gasteiger partial charge in [-0.3, -0.25) is 9.67 Å². The monoisotopic (exact) mass is 461 g/mol. The molecule has 5 heterocycles. The summed E-state index contributed by atoms with van der Waals surface area (Å²) in [5.74, 6) is 0.294. The number of piperidine rings is 1. The molecule has 3 atom stereocenters. The Morgan fingerprint density at radius 2 is 2.15 bits per heavy atom. The lowest BCUT2D eigenvalue weighted by atomic mass is 9.95. The van der Waals surface area contributed by atoms with E-state index in [1.54, 1.807) is 6.20 Å². The molecule has 9 nitrogen and oxygen atoms in total. The predicted octanol–water partition coefficient (Wildman–Crippen LogP) is 2.89. The van der Waals surface area contributed by atoms with Crippen molar-refractivity contribution in [1.82, 2.24) is 29.7 Å². The molecule has 0 saturated carbocycles. The molecule has 0 spiro atoms. The number of nitrogens with one attached hydrogen (secondary N) is 1. The Hall–Kier alpha value is -3.81. The topological polar surface area (TPSA) is 113 Å². The van der Waals surface area contributed by atoms with Crippen molar-refractivity contribution in [2.24, 2.45) is 5.92 Å². The Labute approximate surface area is 195 Å². The average Bonchev–Trinajstić information content (AvgIpc) is 3.51. The summed E-state index contributed by atoms with van der Waals surface area (Å²) in [5, 5.41) is 31.9. The van der Waals surface area contributed by atoms with Crippen molar-refractivity contribution in [1.29, 1.82) is 5.26 Å². The number of fused-ring (bicyclic) bond motifs is 1. The number of aliphatic hydroxyl groups excluding tert-OH is 1. The van der Waals surface area contributed by atoms with Crippen LogP contribution in [0.15, 0.2) is 49.1 Å². The summed E-state index contributed by atoms with van der Waals surface area (Å²) >= 11 is 0. The fraction of sp³-hybridized carbons (Fsp3) is 0.333. The Kier molecular flexibility index (Phi) is 5.96. The first kappa shape index (κ1) is 22.0. The molecule has 0 amide bonds. The molecule has 3 unspecified atom stereocenters. The van der Waals surface area contributed by atoms with Crippen molar-refractivity contribution in [3.63, 3.8) is 0 Å². The molecule has 4 aromatic rings. The van der Waals surface area contributed by atoms with Crippen molar-refractivity contribution < 1.29 is 14.2 Å². The van der Waals surface area contributed by atoms with Crippen LogP contribution in [0.1, 0.15) is 36.7 Å². The van der Waals surface area contributed by atoms with E-state index in [-0.39, 0.29) is 12.6 Å². The average molecular weight is 462 g/mol. The molecule has 1 aliphatic heterocycles. The van der Waals surface area contributed by atoms with E-state index in [0.29, 0.717) is 34.1 Å². The molecule has 0 radical (unpaired) electrons. The van der Waals surface area contributed by atoms with E-state index < -0.39 is 11.9 Å². The van der Waals surface area contributed by atoms with Crippen molar-refractivity contribution in [3.8, 4) is 23.1 Å². The smallest absolute Gasteiger partial charge is 0.224 e. The number of ether oxygens (including phenoxy) is 1. The van der Waals surface area contributed by atoms with Crippen LogP contribution in [0.2, 0.25) is 0 Å². The summed E-state index contributed by atoms with van der Waals surface area (Å²) in [4.78, 5) is 4.06. The van der Waals surface area contributed by atoms with E-state index in [2.05, 4.69) is 33.5 Å². The maximum atomic E-state index is 13.4. The summed E-state index contributed by atoms with van der Waals surface area (Å²) < 4.78 is 23.1. The summed E-state index contributed by atoms with van der Waals surface area (Å²) in [7, 11) is 0. The lowest BCUT2D eigenvalue weighted by Gasteiger charge is -2.29. The van der Waals surface area contributed by atoms with Crippen LogP contribution in [0.3, 0.4) is 0 Å². The molecule has 174 valence electrons. The molecule has 0 aromatic carbocycles. The largest absolute Gasteiger partial charge is 0.465 e. The van der Waals surface area contributed by atoms with Crippen LogP contribution in [-0.4, -0.2) is 49.2 Å². The van der Waals surface area contributed by atoms with Gasteiger partial charge in [-0.1, -0.05) is 6.92 Å². The molecule has 10 heteroatoms. The lowest BCUT2D eigenvalue weighted by Crippen LogP contribution is -2.36. The Balaban J connectivity index is 1.58. The first-order valence-corrected chi connectivity index (χ1v) is 11.1. The fourth-order valence-electron chi connectivity index (χ4n) is 4.40. The molecule has 1 saturated heterocycles. The lowest BCUT2D eigenvalue weighted by molar-refractivity contribution is 0.107. The van der Waals surface area contributed by atoms with Crippen LogP contribution in [0.5, 0.6) is 5.88 Å². The first-order valence-electron chi connectivity index (χ1n) is 11.1. The molecule has 5 rings (SSSR count). The molecule has 34 heavy (non-hydrogen) atoms. The molecular formula is C24H24FN7O2. The third-order valence-electron chi connectivity index (χ3n) is 6.25. The maximum Gasteiger partial charge on any atom is 0.224 e. The number of aliphatic hydroxyl groups is 1. The highest BCUT2D eigenvalue weighted by Gasteiger charge is 2.25. The van der Waals surface area contributed by atoms with Crippen molar-refractivity contribution in [2.75, 3.05) is 19.7 Å². The number of halogens is 1. The van der Waals surface area contributed by atoms with Gasteiger partial charge in [0.05, 0.1) is 48.0 Å². The van der Waals surface area contributed by atoms with Gasteiger partial charge in [0.25, 0.3) is 0 Å². The molecular weight excluding hydrogens is 437 g/mol. The van der Waals surface area contributed by atoms with Crippen LogP contribution in [0.25, 0.3) is 16.6 Å². The van der Waals surface area contributed by atoms with Gasteiger partial charge in [-0.2, -0.15) is 20.0 Å². The quantitative estimate of drug-likeness (QED) is 0.454. The number of hydrogen-bond acceptors (Lipinski definition) is 7. The Morgan fingerprint density at radius 3 is 2.88 bits per heavy atom. The van der Waals surface area contributed by atoms with E-state index in [1.165, 1.54) is 22.8 Å². The van der Waals surface area contributed by atoms with Gasteiger partial charge in [-0.25, -0.2) is 4.39 Å². The molecule has 4 aromatic heterocycles. The van der Waals surface area contributed by atoms with E-state index >= 15 is 0 Å². The second-order valence-electron chi connectivity index (χ2n) is 8.46. The van der Waals surface area contributed by atoms with Crippen LogP contribution in [0, 0.1) is 23.1 Å². The minimum absolute atomic E-state index is 0.284. The molecule has 1 fully saturated rings. The van der Waals surface area contributed by atoms with Gasteiger partial charge >= 0.3 is 0 Å². The summed E-state index contributed by atoms with van der Waals surface area (Å²) in [6.07, 6.45) is 6.43. The van der Waals surface area contributed by atoms with E-state index in [0.717, 1.165) is 31.3 Å². The van der Waals surface area contributed by atoms with Gasteiger partial charge < -0.3 is 15.2 Å². The van der Waals surface area contributed by atoms with Crippen LogP contribution >= 0.6 is 0 Å². The maximum absolute atomic E-state index is 13.4. The number of aromatic nitrogens is 5. The van der Waals surface area contributed by atoms with Crippen molar-refractivity contribution in [2.45, 2.75) is 25.5 Å². The fourth-order valence-corrected chi connectivity index (χ4v) is 4.40. The van der Waals surface area contributed by atoms with E-state index in [4.69, 9.17) is 4.74 Å². The van der Waals surface area contributed by atoms with Crippen molar-refractivity contribution in [3.05, 3.63) is 66.1 Å². The Morgan fingerprint density at radius 1 is 1.26 bits per heavy atom. The van der Waals surface area contributed by atoms with Gasteiger partial charge in [0.1, 0.15) is 11.9 Å². The SMILES string of the molecule is CC1CNCCC1n1cc(-c2ccc3c(C#N)cnn3c2OC(CO)c2ccc(F)cn2)cn1. The summed E-state index contributed by atoms with van der Waals surface area (Å²) in [6.45, 7) is 3.70. The van der Waals surface area contributed by atoms with Crippen LogP contribution in [-0.2, 0) is 0 Å². The zero-order valence-corrected chi connectivity index (χ0v) is 18.6. The zero-order valence-electron chi connectivity index (χ0n) is 18.6. The van der Waals surface area contributed by atoms with Crippen LogP contribution in [0.4, 0.5) is 4.39 Å². The number of nitriles is 1. The third kappa shape index (κ3) is 4.00. The number of pyridine rings is 2. The van der Waals surface area contributed by atoms with Gasteiger partial charge in [-0.05, 0) is 49.7 Å². The number of hydrogen-bond donors (Lipinski definition) is 2. The first-order chi connectivity index (χ1) is 16.6. The number of rotatable bonds is 6. The molecule has 1 aliphatic rings. The molecule has 2 N–H and O–H groups in total. The zero-order chi connectivity index (χ0) is 23.7. The summed E-state index contributed by atoms with van der Waals surface area (Å²) in [6, 6.07) is 8.81. The standard InChI is InChI=1S/C24H24FN7O2/c1-15-9-27-7-6-21(15)31-13-17(11-29-31)19-3-5-22-16(8-26)10-30-32(22)24(19)34-23(14-33)20-4-2-18(25)12-28-20/h2-5,10-13,15,21,23,27,33H,6-7,9,14H2,1H3. The highest BCUT2D eigenvalue weighted by Crippen LogP contribution is 2.35. The highest BCUT2D eigenvalue weighted by atomic mass is 19.1. The molecule has 0 bridgehead atoms. The highest BCUT2D eigenvalue weighted by molar-refractivity contribution is 5.73. The second-order valence-corrected chi connectivity index (χ2v) is 8.46. The Bertz CT molecular complexity index is 1340. The van der Waals surface area contributed by atoms with E-state index in [1.807, 2.05) is 23.0 Å². The van der Waals surface area contributed by atoms with E-state index in [9.17, 15) is 14.8 Å². The summed E-state index contributed by atoms with van der Waals surface area (Å²) in [5.41, 5.74) is 2.87. The van der Waals surface area contributed by atoms with Gasteiger partial charge in [0.2, 0.25) is 5.88 Å².